The van der Waals surface area contributed by atoms with Crippen LogP contribution in [-0.2, 0) is 0 Å². The molecule has 1 aromatic heterocycles. The van der Waals surface area contributed by atoms with Crippen molar-refractivity contribution in [3.63, 3.8) is 0 Å². The lowest BCUT2D eigenvalue weighted by Crippen LogP contribution is -2.12. The van der Waals surface area contributed by atoms with Gasteiger partial charge in [0.2, 0.25) is 0 Å². The summed E-state index contributed by atoms with van der Waals surface area (Å²) in [5, 5.41) is 0.332. The lowest BCUT2D eigenvalue weighted by molar-refractivity contribution is 0.0725. The van der Waals surface area contributed by atoms with Crippen molar-refractivity contribution in [2.24, 2.45) is 0 Å². The molecule has 0 saturated heterocycles. The first-order valence-electron chi connectivity index (χ1n) is 7.54. The van der Waals surface area contributed by atoms with E-state index in [4.69, 9.17) is 13.9 Å². The molecule has 1 heterocycles. The molecule has 5 heteroatoms. The van der Waals surface area contributed by atoms with Crippen molar-refractivity contribution in [2.45, 2.75) is 20.0 Å². The third-order valence-electron chi connectivity index (χ3n) is 3.31. The van der Waals surface area contributed by atoms with Crippen LogP contribution in [0.15, 0.2) is 64.0 Å². The maximum absolute atomic E-state index is 12.4. The van der Waals surface area contributed by atoms with Crippen molar-refractivity contribution < 1.29 is 18.7 Å². The minimum absolute atomic E-state index is 0.0462. The number of ether oxygens (including phenoxy) is 2. The fourth-order valence-corrected chi connectivity index (χ4v) is 2.26. The minimum atomic E-state index is -0.569. The Kier molecular flexibility index (Phi) is 4.33. The van der Waals surface area contributed by atoms with E-state index in [2.05, 4.69) is 0 Å². The highest BCUT2D eigenvalue weighted by molar-refractivity contribution is 5.95. The van der Waals surface area contributed by atoms with Crippen LogP contribution >= 0.6 is 0 Å². The zero-order valence-electron chi connectivity index (χ0n) is 13.3. The molecule has 3 aromatic rings. The maximum atomic E-state index is 12.4. The molecule has 0 fully saturated rings. The first-order chi connectivity index (χ1) is 11.5. The second-order valence-corrected chi connectivity index (χ2v) is 5.50. The number of carbonyl (C=O) groups is 1. The molecule has 0 saturated carbocycles. The van der Waals surface area contributed by atoms with Crippen LogP contribution in [0.3, 0.4) is 0 Å². The largest absolute Gasteiger partial charge is 0.487 e. The summed E-state index contributed by atoms with van der Waals surface area (Å²) in [7, 11) is 0. The highest BCUT2D eigenvalue weighted by atomic mass is 16.6. The molecule has 0 aliphatic rings. The van der Waals surface area contributed by atoms with Crippen LogP contribution in [0.1, 0.15) is 24.2 Å². The van der Waals surface area contributed by atoms with Gasteiger partial charge >= 0.3 is 5.97 Å². The lowest BCUT2D eigenvalue weighted by Gasteiger charge is -2.13. The van der Waals surface area contributed by atoms with Crippen molar-refractivity contribution in [3.8, 4) is 11.5 Å². The van der Waals surface area contributed by atoms with E-state index in [0.29, 0.717) is 22.5 Å². The Hall–Kier alpha value is -3.08. The molecule has 24 heavy (non-hydrogen) atoms. The second kappa shape index (κ2) is 6.58. The van der Waals surface area contributed by atoms with Crippen molar-refractivity contribution in [1.29, 1.82) is 0 Å². The molecule has 2 aromatic carbocycles. The third-order valence-corrected chi connectivity index (χ3v) is 3.31. The van der Waals surface area contributed by atoms with Crippen LogP contribution < -0.4 is 14.9 Å². The predicted molar refractivity (Wildman–Crippen MR) is 89.6 cm³/mol. The summed E-state index contributed by atoms with van der Waals surface area (Å²) in [6, 6.07) is 12.9. The van der Waals surface area contributed by atoms with E-state index in [-0.39, 0.29) is 17.1 Å². The fraction of sp³-hybridized carbons (Fsp3) is 0.158. The molecule has 3 rings (SSSR count). The SMILES string of the molecule is CC(C)Oc1ccccc1OC(=O)c1ccc2occc(=O)c2c1. The molecule has 122 valence electrons. The Morgan fingerprint density at radius 1 is 1.04 bits per heavy atom. The summed E-state index contributed by atoms with van der Waals surface area (Å²) in [6.07, 6.45) is 1.28. The summed E-state index contributed by atoms with van der Waals surface area (Å²) in [6.45, 7) is 3.78. The van der Waals surface area contributed by atoms with Crippen LogP contribution in [0.25, 0.3) is 11.0 Å². The number of benzene rings is 2. The number of rotatable bonds is 4. The summed E-state index contributed by atoms with van der Waals surface area (Å²) < 4.78 is 16.3. The Labute approximate surface area is 138 Å². The lowest BCUT2D eigenvalue weighted by atomic mass is 10.1. The predicted octanol–water partition coefficient (Wildman–Crippen LogP) is 3.80. The molecule has 0 unspecified atom stereocenters. The maximum Gasteiger partial charge on any atom is 0.343 e. The molecular formula is C19H16O5. The number of hydrogen-bond acceptors (Lipinski definition) is 5. The molecule has 0 aliphatic heterocycles. The molecular weight excluding hydrogens is 308 g/mol. The zero-order chi connectivity index (χ0) is 17.1. The van der Waals surface area contributed by atoms with Crippen molar-refractivity contribution in [2.75, 3.05) is 0 Å². The van der Waals surface area contributed by atoms with E-state index in [0.717, 1.165) is 0 Å². The first-order valence-corrected chi connectivity index (χ1v) is 7.54. The molecule has 0 amide bonds. The average Bonchev–Trinajstić information content (AvgIpc) is 2.56. The van der Waals surface area contributed by atoms with Gasteiger partial charge in [-0.1, -0.05) is 12.1 Å². The van der Waals surface area contributed by atoms with Crippen LogP contribution in [0.5, 0.6) is 11.5 Å². The van der Waals surface area contributed by atoms with Gasteiger partial charge < -0.3 is 13.9 Å². The van der Waals surface area contributed by atoms with E-state index >= 15 is 0 Å². The minimum Gasteiger partial charge on any atom is -0.487 e. The van der Waals surface area contributed by atoms with Crippen LogP contribution in [-0.4, -0.2) is 12.1 Å². The van der Waals surface area contributed by atoms with E-state index in [1.807, 2.05) is 13.8 Å². The van der Waals surface area contributed by atoms with Crippen molar-refractivity contribution in [3.05, 3.63) is 70.6 Å². The third kappa shape index (κ3) is 3.30. The molecule has 5 nitrogen and oxygen atoms in total. The highest BCUT2D eigenvalue weighted by Gasteiger charge is 2.14. The van der Waals surface area contributed by atoms with Gasteiger partial charge in [-0.2, -0.15) is 0 Å². The van der Waals surface area contributed by atoms with Gasteiger partial charge in [-0.3, -0.25) is 4.79 Å². The van der Waals surface area contributed by atoms with Gasteiger partial charge in [-0.05, 0) is 44.2 Å². The number of para-hydroxylation sites is 2. The summed E-state index contributed by atoms with van der Waals surface area (Å²) in [4.78, 5) is 24.3. The summed E-state index contributed by atoms with van der Waals surface area (Å²) in [5.74, 6) is 0.248. The Morgan fingerprint density at radius 2 is 1.79 bits per heavy atom. The quantitative estimate of drug-likeness (QED) is 0.539. The van der Waals surface area contributed by atoms with Gasteiger partial charge in [0.05, 0.1) is 23.3 Å². The molecule has 0 bridgehead atoms. The zero-order valence-corrected chi connectivity index (χ0v) is 13.3. The van der Waals surface area contributed by atoms with Gasteiger partial charge in [0.25, 0.3) is 0 Å². The normalized spacial score (nSPS) is 10.8. The molecule has 0 radical (unpaired) electrons. The summed E-state index contributed by atoms with van der Waals surface area (Å²) >= 11 is 0. The number of carbonyl (C=O) groups excluding carboxylic acids is 1. The van der Waals surface area contributed by atoms with Gasteiger partial charge in [0.1, 0.15) is 5.58 Å². The Morgan fingerprint density at radius 3 is 2.54 bits per heavy atom. The van der Waals surface area contributed by atoms with Crippen LogP contribution in [0, 0.1) is 0 Å². The van der Waals surface area contributed by atoms with Crippen molar-refractivity contribution in [1.82, 2.24) is 0 Å². The monoisotopic (exact) mass is 324 g/mol. The van der Waals surface area contributed by atoms with Crippen LogP contribution in [0.4, 0.5) is 0 Å². The second-order valence-electron chi connectivity index (χ2n) is 5.50. The Balaban J connectivity index is 1.91. The van der Waals surface area contributed by atoms with Crippen LogP contribution in [0.2, 0.25) is 0 Å². The fourth-order valence-electron chi connectivity index (χ4n) is 2.26. The van der Waals surface area contributed by atoms with E-state index in [1.165, 1.54) is 18.4 Å². The smallest absolute Gasteiger partial charge is 0.343 e. The molecule has 0 aliphatic carbocycles. The standard InChI is InChI=1S/C19H16O5/c1-12(2)23-17-5-3-4-6-18(17)24-19(21)13-7-8-16-14(11-13)15(20)9-10-22-16/h3-12H,1-2H3. The van der Waals surface area contributed by atoms with Gasteiger partial charge in [-0.15, -0.1) is 0 Å². The number of hydrogen-bond donors (Lipinski definition) is 0. The van der Waals surface area contributed by atoms with Crippen molar-refractivity contribution >= 4 is 16.9 Å². The Bertz CT molecular complexity index is 940. The number of fused-ring (bicyclic) bond motifs is 1. The number of esters is 1. The molecule has 0 N–H and O–H groups in total. The van der Waals surface area contributed by atoms with E-state index in [1.54, 1.807) is 36.4 Å². The average molecular weight is 324 g/mol. The van der Waals surface area contributed by atoms with Gasteiger partial charge in [0, 0.05) is 6.07 Å². The first kappa shape index (κ1) is 15.8. The highest BCUT2D eigenvalue weighted by Crippen LogP contribution is 2.28. The van der Waals surface area contributed by atoms with Gasteiger partial charge in [0.15, 0.2) is 16.9 Å². The molecule has 0 spiro atoms. The summed E-state index contributed by atoms with van der Waals surface area (Å²) in [5.41, 5.74) is 0.470. The van der Waals surface area contributed by atoms with E-state index in [9.17, 15) is 9.59 Å². The molecule has 0 atom stereocenters. The van der Waals surface area contributed by atoms with Gasteiger partial charge in [-0.25, -0.2) is 4.79 Å². The van der Waals surface area contributed by atoms with E-state index < -0.39 is 5.97 Å². The topological polar surface area (TPSA) is 65.7 Å².